The van der Waals surface area contributed by atoms with Crippen LogP contribution in [-0.4, -0.2) is 10.9 Å². The van der Waals surface area contributed by atoms with Crippen molar-refractivity contribution in [1.29, 1.82) is 0 Å². The van der Waals surface area contributed by atoms with Crippen LogP contribution in [0.5, 0.6) is 0 Å². The Kier molecular flexibility index (Phi) is 5.81. The molecular formula is C24H24ClFN2O. The Morgan fingerprint density at radius 3 is 2.55 bits per heavy atom. The van der Waals surface area contributed by atoms with Gasteiger partial charge in [-0.1, -0.05) is 18.5 Å². The van der Waals surface area contributed by atoms with Gasteiger partial charge in [0.15, 0.2) is 0 Å². The largest absolute Gasteiger partial charge is 0.326 e. The van der Waals surface area contributed by atoms with Crippen molar-refractivity contribution in [2.24, 2.45) is 11.8 Å². The minimum atomic E-state index is -0.229. The first-order valence-electron chi connectivity index (χ1n) is 10.1. The summed E-state index contributed by atoms with van der Waals surface area (Å²) in [5, 5.41) is 4.55. The van der Waals surface area contributed by atoms with Gasteiger partial charge in [0, 0.05) is 28.2 Å². The van der Waals surface area contributed by atoms with E-state index in [2.05, 4.69) is 10.3 Å². The lowest BCUT2D eigenvalue weighted by atomic mass is 9.73. The quantitative estimate of drug-likeness (QED) is 0.528. The van der Waals surface area contributed by atoms with Crippen LogP contribution < -0.4 is 5.32 Å². The normalized spacial score (nSPS) is 20.4. The van der Waals surface area contributed by atoms with Crippen molar-refractivity contribution in [2.75, 3.05) is 5.32 Å². The maximum absolute atomic E-state index is 13.8. The van der Waals surface area contributed by atoms with Crippen LogP contribution >= 0.6 is 11.6 Å². The molecule has 0 saturated heterocycles. The van der Waals surface area contributed by atoms with Crippen LogP contribution in [0.2, 0.25) is 5.02 Å². The van der Waals surface area contributed by atoms with Gasteiger partial charge in [0.1, 0.15) is 5.82 Å². The molecule has 0 aliphatic heterocycles. The van der Waals surface area contributed by atoms with Crippen LogP contribution in [0.1, 0.15) is 44.1 Å². The zero-order chi connectivity index (χ0) is 20.4. The molecule has 3 aromatic rings. The molecule has 3 nitrogen and oxygen atoms in total. The Morgan fingerprint density at radius 2 is 1.83 bits per heavy atom. The smallest absolute Gasteiger partial charge is 0.227 e. The Labute approximate surface area is 175 Å². The van der Waals surface area contributed by atoms with E-state index in [9.17, 15) is 9.18 Å². The predicted molar refractivity (Wildman–Crippen MR) is 116 cm³/mol. The molecule has 1 aromatic heterocycles. The van der Waals surface area contributed by atoms with Gasteiger partial charge in [-0.15, -0.1) is 0 Å². The van der Waals surface area contributed by atoms with Gasteiger partial charge in [-0.25, -0.2) is 4.39 Å². The topological polar surface area (TPSA) is 42.0 Å². The van der Waals surface area contributed by atoms with Crippen LogP contribution in [0.3, 0.4) is 0 Å². The number of aromatic nitrogens is 1. The summed E-state index contributed by atoms with van der Waals surface area (Å²) in [6, 6.07) is 14.0. The van der Waals surface area contributed by atoms with E-state index >= 15 is 0 Å². The fraction of sp³-hybridized carbons (Fsp3) is 0.333. The number of nitrogens with one attached hydrogen (secondary N) is 1. The van der Waals surface area contributed by atoms with Crippen LogP contribution in [0.25, 0.3) is 10.9 Å². The van der Waals surface area contributed by atoms with E-state index in [-0.39, 0.29) is 17.6 Å². The highest BCUT2D eigenvalue weighted by molar-refractivity contribution is 6.30. The van der Waals surface area contributed by atoms with Crippen LogP contribution in [0, 0.1) is 17.7 Å². The fourth-order valence-electron chi connectivity index (χ4n) is 4.43. The molecule has 0 bridgehead atoms. The van der Waals surface area contributed by atoms with Crippen LogP contribution in [0.15, 0.2) is 54.7 Å². The monoisotopic (exact) mass is 410 g/mol. The lowest BCUT2D eigenvalue weighted by molar-refractivity contribution is -0.121. The number of fused-ring (bicyclic) bond motifs is 1. The predicted octanol–water partition coefficient (Wildman–Crippen LogP) is 6.58. The lowest BCUT2D eigenvalue weighted by Gasteiger charge is -2.32. The summed E-state index contributed by atoms with van der Waals surface area (Å²) in [6.07, 6.45) is 5.78. The maximum atomic E-state index is 13.8. The Morgan fingerprint density at radius 1 is 1.10 bits per heavy atom. The zero-order valence-corrected chi connectivity index (χ0v) is 17.1. The highest BCUT2D eigenvalue weighted by Crippen LogP contribution is 2.41. The van der Waals surface area contributed by atoms with E-state index in [1.54, 1.807) is 24.3 Å². The van der Waals surface area contributed by atoms with Crippen LogP contribution in [0.4, 0.5) is 10.1 Å². The highest BCUT2D eigenvalue weighted by atomic mass is 35.5. The molecule has 2 aromatic carbocycles. The molecule has 1 fully saturated rings. The van der Waals surface area contributed by atoms with E-state index in [4.69, 9.17) is 11.6 Å². The summed E-state index contributed by atoms with van der Waals surface area (Å²) in [5.74, 6) is 0.492. The molecule has 1 aliphatic carbocycles. The van der Waals surface area contributed by atoms with E-state index in [0.717, 1.165) is 42.3 Å². The molecule has 29 heavy (non-hydrogen) atoms. The third-order valence-electron chi connectivity index (χ3n) is 6.18. The number of carbonyl (C=O) groups excluding carboxylic acids is 1. The Balaban J connectivity index is 1.41. The first kappa shape index (κ1) is 19.8. The first-order chi connectivity index (χ1) is 14.0. The second-order valence-corrected chi connectivity index (χ2v) is 8.39. The molecule has 0 radical (unpaired) electrons. The number of benzene rings is 2. The molecule has 0 spiro atoms. The van der Waals surface area contributed by atoms with E-state index in [1.165, 1.54) is 11.6 Å². The van der Waals surface area contributed by atoms with Gasteiger partial charge < -0.3 is 5.32 Å². The summed E-state index contributed by atoms with van der Waals surface area (Å²) in [4.78, 5) is 17.0. The van der Waals surface area contributed by atoms with Gasteiger partial charge in [0.2, 0.25) is 5.91 Å². The number of amides is 1. The summed E-state index contributed by atoms with van der Waals surface area (Å²) >= 11 is 5.90. The minimum absolute atomic E-state index is 0.0483. The molecule has 1 aliphatic rings. The second-order valence-electron chi connectivity index (χ2n) is 7.96. The van der Waals surface area contributed by atoms with Crippen molar-refractivity contribution < 1.29 is 9.18 Å². The molecule has 150 valence electrons. The van der Waals surface area contributed by atoms with Crippen molar-refractivity contribution in [3.63, 3.8) is 0 Å². The van der Waals surface area contributed by atoms with Crippen molar-refractivity contribution in [1.82, 2.24) is 4.98 Å². The molecular weight excluding hydrogens is 387 g/mol. The number of rotatable bonds is 4. The first-order valence-corrected chi connectivity index (χ1v) is 10.5. The third kappa shape index (κ3) is 4.43. The van der Waals surface area contributed by atoms with Gasteiger partial charge in [-0.2, -0.15) is 0 Å². The lowest BCUT2D eigenvalue weighted by Crippen LogP contribution is -2.29. The van der Waals surface area contributed by atoms with Gasteiger partial charge in [0.05, 0.1) is 5.52 Å². The summed E-state index contributed by atoms with van der Waals surface area (Å²) in [7, 11) is 0. The van der Waals surface area contributed by atoms with Gasteiger partial charge in [0.25, 0.3) is 0 Å². The molecule has 1 amide bonds. The number of hydrogen-bond donors (Lipinski definition) is 1. The highest BCUT2D eigenvalue weighted by Gasteiger charge is 2.30. The number of pyridine rings is 1. The average molecular weight is 411 g/mol. The Hall–Kier alpha value is -2.46. The number of carbonyl (C=O) groups is 1. The number of halogens is 2. The van der Waals surface area contributed by atoms with Crippen LogP contribution in [-0.2, 0) is 4.79 Å². The molecule has 1 saturated carbocycles. The van der Waals surface area contributed by atoms with Crippen molar-refractivity contribution in [3.8, 4) is 0 Å². The summed E-state index contributed by atoms with van der Waals surface area (Å²) in [5.41, 5.74) is 2.78. The van der Waals surface area contributed by atoms with Crippen molar-refractivity contribution in [2.45, 2.75) is 38.5 Å². The maximum Gasteiger partial charge on any atom is 0.227 e. The van der Waals surface area contributed by atoms with Gasteiger partial charge >= 0.3 is 0 Å². The zero-order valence-electron chi connectivity index (χ0n) is 16.4. The molecule has 4 rings (SSSR count). The third-order valence-corrected chi connectivity index (χ3v) is 6.43. The molecule has 1 heterocycles. The second kappa shape index (κ2) is 8.50. The van der Waals surface area contributed by atoms with Gasteiger partial charge in [-0.05, 0) is 91.6 Å². The van der Waals surface area contributed by atoms with Gasteiger partial charge in [-0.3, -0.25) is 9.78 Å². The van der Waals surface area contributed by atoms with Crippen molar-refractivity contribution >= 4 is 34.1 Å². The number of nitrogens with zero attached hydrogens (tertiary/aromatic N) is 1. The minimum Gasteiger partial charge on any atom is -0.326 e. The molecule has 1 atom stereocenters. The number of hydrogen-bond acceptors (Lipinski definition) is 2. The standard InChI is InChI=1S/C24H24ClFN2O/c1-15(24(29)28-20-9-6-18(25)7-10-20)16-2-4-17(5-3-16)21-12-13-27-23-11-8-19(26)14-22(21)23/h6-17H,2-5H2,1H3,(H,28,29)/t15-,16-,17+/m1/s1. The summed E-state index contributed by atoms with van der Waals surface area (Å²) < 4.78 is 13.8. The van der Waals surface area contributed by atoms with Crippen molar-refractivity contribution in [3.05, 3.63) is 71.1 Å². The van der Waals surface area contributed by atoms with E-state index in [0.29, 0.717) is 16.9 Å². The molecule has 0 unspecified atom stereocenters. The Bertz CT molecular complexity index is 1010. The van der Waals surface area contributed by atoms with E-state index in [1.807, 2.05) is 31.3 Å². The number of anilines is 1. The molecule has 5 heteroatoms. The van der Waals surface area contributed by atoms with E-state index < -0.39 is 0 Å². The summed E-state index contributed by atoms with van der Waals surface area (Å²) in [6.45, 7) is 2.01. The fourth-order valence-corrected chi connectivity index (χ4v) is 4.56. The molecule has 1 N–H and O–H groups in total. The SMILES string of the molecule is C[C@@H](C(=O)Nc1ccc(Cl)cc1)[C@H]1CC[C@@H](c2ccnc3ccc(F)cc32)CC1. The average Bonchev–Trinajstić information content (AvgIpc) is 2.74.